The fourth-order valence-electron chi connectivity index (χ4n) is 9.34. The lowest BCUT2D eigenvalue weighted by atomic mass is 9.97. The molecule has 3 heterocycles. The van der Waals surface area contributed by atoms with Crippen molar-refractivity contribution in [2.45, 2.75) is 0 Å². The topological polar surface area (TPSA) is 43.6 Å². The van der Waals surface area contributed by atoms with Crippen LogP contribution >= 0.6 is 11.3 Å². The molecule has 0 aliphatic carbocycles. The van der Waals surface area contributed by atoms with Crippen molar-refractivity contribution in [2.24, 2.45) is 0 Å². The summed E-state index contributed by atoms with van der Waals surface area (Å²) in [6, 6.07) is 74.2. The van der Waals surface area contributed by atoms with Gasteiger partial charge in [0, 0.05) is 53.3 Å². The monoisotopic (exact) mass is 806 g/mol. The highest BCUT2D eigenvalue weighted by atomic mass is 32.1. The number of thiophene rings is 1. The van der Waals surface area contributed by atoms with E-state index in [1.165, 1.54) is 58.0 Å². The van der Waals surface area contributed by atoms with Crippen LogP contribution in [0.4, 0.5) is 0 Å². The molecule has 0 spiro atoms. The molecule has 0 fully saturated rings. The Labute approximate surface area is 360 Å². The Bertz CT molecular complexity index is 3850. The van der Waals surface area contributed by atoms with E-state index in [1.54, 1.807) is 0 Å². The normalized spacial score (nSPS) is 11.9. The summed E-state index contributed by atoms with van der Waals surface area (Å²) in [5.41, 5.74) is 8.37. The number of fused-ring (bicyclic) bond motifs is 9. The molecule has 4 nitrogen and oxygen atoms in total. The Morgan fingerprint density at radius 2 is 0.855 bits per heavy atom. The molecule has 0 N–H and O–H groups in total. The van der Waals surface area contributed by atoms with E-state index < -0.39 is 0 Å². The van der Waals surface area contributed by atoms with Gasteiger partial charge in [0.05, 0.1) is 11.0 Å². The standard InChI is InChI=1S/C57H34N4S/c1-3-13-37-29-42(23-21-35(37)11-1)55-58-56(43-24-22-36-12-2-4-14-38(36)30-43)60-57(59-55)48-28-26-44(34-49(48)41-25-27-47-46-18-8-10-20-53(46)62-54(47)33-41)61-51-19-9-7-17-45(51)50-31-39-15-5-6-16-40(39)32-52(50)61/h1-34H. The van der Waals surface area contributed by atoms with Gasteiger partial charge < -0.3 is 4.57 Å². The molecular weight excluding hydrogens is 773 g/mol. The summed E-state index contributed by atoms with van der Waals surface area (Å²) in [7, 11) is 0. The van der Waals surface area contributed by atoms with Gasteiger partial charge in [0.1, 0.15) is 0 Å². The molecule has 3 aromatic heterocycles. The second-order valence-corrected chi connectivity index (χ2v) is 17.1. The summed E-state index contributed by atoms with van der Waals surface area (Å²) in [6.07, 6.45) is 0. The molecule has 0 unspecified atom stereocenters. The van der Waals surface area contributed by atoms with E-state index in [4.69, 9.17) is 15.0 Å². The van der Waals surface area contributed by atoms with Crippen molar-refractivity contribution in [3.63, 3.8) is 0 Å². The number of aromatic nitrogens is 4. The third-order valence-corrected chi connectivity index (χ3v) is 13.5. The number of hydrogen-bond acceptors (Lipinski definition) is 4. The summed E-state index contributed by atoms with van der Waals surface area (Å²) in [4.78, 5) is 15.9. The average Bonchev–Trinajstić information content (AvgIpc) is 3.87. The van der Waals surface area contributed by atoms with Gasteiger partial charge in [0.15, 0.2) is 17.5 Å². The molecule has 0 bridgehead atoms. The van der Waals surface area contributed by atoms with Gasteiger partial charge in [-0.2, -0.15) is 0 Å². The second kappa shape index (κ2) is 13.8. The van der Waals surface area contributed by atoms with Gasteiger partial charge in [-0.3, -0.25) is 0 Å². The van der Waals surface area contributed by atoms with Crippen LogP contribution in [0, 0.1) is 0 Å². The minimum absolute atomic E-state index is 0.623. The van der Waals surface area contributed by atoms with Crippen molar-refractivity contribution in [2.75, 3.05) is 0 Å². The first-order chi connectivity index (χ1) is 30.7. The molecule has 62 heavy (non-hydrogen) atoms. The number of rotatable bonds is 5. The van der Waals surface area contributed by atoms with E-state index in [1.807, 2.05) is 11.3 Å². The minimum atomic E-state index is 0.623. The van der Waals surface area contributed by atoms with Crippen LogP contribution in [0.5, 0.6) is 0 Å². The number of hydrogen-bond donors (Lipinski definition) is 0. The molecule has 0 aliphatic heterocycles. The Morgan fingerprint density at radius 1 is 0.306 bits per heavy atom. The zero-order valence-corrected chi connectivity index (χ0v) is 34.1. The molecule has 0 saturated carbocycles. The fraction of sp³-hybridized carbons (Fsp3) is 0. The maximum atomic E-state index is 5.35. The molecule has 10 aromatic carbocycles. The summed E-state index contributed by atoms with van der Waals surface area (Å²) in [5, 5.41) is 12.1. The summed E-state index contributed by atoms with van der Waals surface area (Å²) in [5.74, 6) is 1.89. The number of nitrogens with zero attached hydrogens (tertiary/aromatic N) is 4. The van der Waals surface area contributed by atoms with Crippen molar-refractivity contribution in [1.29, 1.82) is 0 Å². The summed E-state index contributed by atoms with van der Waals surface area (Å²) < 4.78 is 4.94. The van der Waals surface area contributed by atoms with Gasteiger partial charge >= 0.3 is 0 Å². The smallest absolute Gasteiger partial charge is 0.164 e. The maximum absolute atomic E-state index is 5.35. The molecule has 288 valence electrons. The molecule has 13 rings (SSSR count). The first kappa shape index (κ1) is 34.8. The molecule has 0 saturated heterocycles. The van der Waals surface area contributed by atoms with Crippen molar-refractivity contribution in [3.8, 4) is 51.0 Å². The van der Waals surface area contributed by atoms with E-state index >= 15 is 0 Å². The zero-order valence-electron chi connectivity index (χ0n) is 33.3. The fourth-order valence-corrected chi connectivity index (χ4v) is 10.5. The van der Waals surface area contributed by atoms with Crippen LogP contribution < -0.4 is 0 Å². The van der Waals surface area contributed by atoms with E-state index in [2.05, 4.69) is 211 Å². The quantitative estimate of drug-likeness (QED) is 0.174. The minimum Gasteiger partial charge on any atom is -0.309 e. The molecule has 5 heteroatoms. The van der Waals surface area contributed by atoms with Crippen LogP contribution in [-0.2, 0) is 0 Å². The van der Waals surface area contributed by atoms with Crippen molar-refractivity contribution in [3.05, 3.63) is 206 Å². The molecule has 0 aliphatic rings. The summed E-state index contributed by atoms with van der Waals surface area (Å²) in [6.45, 7) is 0. The molecule has 0 amide bonds. The van der Waals surface area contributed by atoms with E-state index in [0.717, 1.165) is 49.8 Å². The van der Waals surface area contributed by atoms with E-state index in [0.29, 0.717) is 17.5 Å². The molecule has 13 aromatic rings. The first-order valence-corrected chi connectivity index (χ1v) is 21.7. The van der Waals surface area contributed by atoms with E-state index in [9.17, 15) is 0 Å². The van der Waals surface area contributed by atoms with Crippen molar-refractivity contribution >= 4 is 85.6 Å². The molecular formula is C57H34N4S. The van der Waals surface area contributed by atoms with Crippen LogP contribution in [-0.4, -0.2) is 19.5 Å². The Kier molecular flexibility index (Phi) is 7.74. The van der Waals surface area contributed by atoms with Crippen molar-refractivity contribution < 1.29 is 0 Å². The van der Waals surface area contributed by atoms with Gasteiger partial charge in [-0.05, 0) is 104 Å². The van der Waals surface area contributed by atoms with Crippen LogP contribution in [0.3, 0.4) is 0 Å². The predicted octanol–water partition coefficient (Wildman–Crippen LogP) is 15.5. The molecule has 0 radical (unpaired) electrons. The molecule has 0 atom stereocenters. The third kappa shape index (κ3) is 5.63. The Balaban J connectivity index is 1.08. The Hall–Kier alpha value is -7.99. The largest absolute Gasteiger partial charge is 0.309 e. The van der Waals surface area contributed by atoms with E-state index in [-0.39, 0.29) is 0 Å². The Morgan fingerprint density at radius 3 is 1.56 bits per heavy atom. The first-order valence-electron chi connectivity index (χ1n) is 20.9. The van der Waals surface area contributed by atoms with Crippen LogP contribution in [0.15, 0.2) is 206 Å². The highest BCUT2D eigenvalue weighted by molar-refractivity contribution is 7.25. The van der Waals surface area contributed by atoms with Gasteiger partial charge in [-0.25, -0.2) is 15.0 Å². The van der Waals surface area contributed by atoms with Crippen LogP contribution in [0.25, 0.3) is 125 Å². The number of para-hydroxylation sites is 1. The highest BCUT2D eigenvalue weighted by Gasteiger charge is 2.20. The van der Waals surface area contributed by atoms with Crippen LogP contribution in [0.1, 0.15) is 0 Å². The predicted molar refractivity (Wildman–Crippen MR) is 261 cm³/mol. The lowest BCUT2D eigenvalue weighted by Crippen LogP contribution is -2.02. The van der Waals surface area contributed by atoms with Crippen LogP contribution in [0.2, 0.25) is 0 Å². The SMILES string of the molecule is c1ccc2cc(-c3nc(-c4ccc5ccccc5c4)nc(-c4ccc(-n5c6ccccc6c6cc7ccccc7cc65)cc4-c4ccc5c(c4)sc4ccccc45)n3)ccc2c1. The average molecular weight is 807 g/mol. The lowest BCUT2D eigenvalue weighted by molar-refractivity contribution is 1.07. The lowest BCUT2D eigenvalue weighted by Gasteiger charge is -2.16. The van der Waals surface area contributed by atoms with Gasteiger partial charge in [0.2, 0.25) is 0 Å². The van der Waals surface area contributed by atoms with Crippen molar-refractivity contribution in [1.82, 2.24) is 19.5 Å². The van der Waals surface area contributed by atoms with Gasteiger partial charge in [0.25, 0.3) is 0 Å². The summed E-state index contributed by atoms with van der Waals surface area (Å²) >= 11 is 1.83. The maximum Gasteiger partial charge on any atom is 0.164 e. The van der Waals surface area contributed by atoms with Gasteiger partial charge in [-0.1, -0.05) is 146 Å². The zero-order chi connectivity index (χ0) is 40.7. The van der Waals surface area contributed by atoms with Gasteiger partial charge in [-0.15, -0.1) is 11.3 Å². The third-order valence-electron chi connectivity index (χ3n) is 12.4. The highest BCUT2D eigenvalue weighted by Crippen LogP contribution is 2.42. The number of benzene rings is 10. The second-order valence-electron chi connectivity index (χ2n) is 16.0.